The van der Waals surface area contributed by atoms with E-state index in [0.717, 1.165) is 5.39 Å². The fourth-order valence-electron chi connectivity index (χ4n) is 2.36. The van der Waals surface area contributed by atoms with Crippen molar-refractivity contribution in [3.8, 4) is 0 Å². The molecule has 0 aliphatic rings. The fourth-order valence-corrected chi connectivity index (χ4v) is 2.36. The molecular weight excluding hydrogens is 270 g/mol. The maximum Gasteiger partial charge on any atom is 0.372 e. The minimum atomic E-state index is -1.11. The molecule has 0 amide bonds. The lowest BCUT2D eigenvalue weighted by Gasteiger charge is -2.05. The minimum absolute atomic E-state index is 0.0844. The Morgan fingerprint density at radius 2 is 2.05 bits per heavy atom. The second-order valence-electron chi connectivity index (χ2n) is 4.87. The second kappa shape index (κ2) is 4.94. The van der Waals surface area contributed by atoms with Crippen LogP contribution in [-0.4, -0.2) is 15.6 Å². The van der Waals surface area contributed by atoms with E-state index < -0.39 is 5.97 Å². The number of carboxylic acid groups (broad SMARTS) is 1. The van der Waals surface area contributed by atoms with Gasteiger partial charge in [0.15, 0.2) is 0 Å². The van der Waals surface area contributed by atoms with Gasteiger partial charge in [-0.3, -0.25) is 4.79 Å². The molecule has 0 fully saturated rings. The van der Waals surface area contributed by atoms with E-state index in [-0.39, 0.29) is 17.9 Å². The van der Waals surface area contributed by atoms with Crippen LogP contribution in [0.2, 0.25) is 0 Å². The number of aromatic carboxylic acids is 1. The van der Waals surface area contributed by atoms with Gasteiger partial charge in [0.25, 0.3) is 5.56 Å². The van der Waals surface area contributed by atoms with Crippen molar-refractivity contribution in [1.29, 1.82) is 0 Å². The summed E-state index contributed by atoms with van der Waals surface area (Å²) in [6.45, 7) is 1.87. The lowest BCUT2D eigenvalue weighted by atomic mass is 10.2. The highest BCUT2D eigenvalue weighted by atomic mass is 16.4. The molecule has 0 radical (unpaired) electrons. The van der Waals surface area contributed by atoms with Crippen molar-refractivity contribution in [3.63, 3.8) is 0 Å². The van der Waals surface area contributed by atoms with E-state index in [1.807, 2.05) is 24.3 Å². The van der Waals surface area contributed by atoms with Crippen LogP contribution in [0.1, 0.15) is 21.9 Å². The van der Waals surface area contributed by atoms with Crippen molar-refractivity contribution >= 4 is 16.7 Å². The highest BCUT2D eigenvalue weighted by Crippen LogP contribution is 2.16. The largest absolute Gasteiger partial charge is 0.475 e. The van der Waals surface area contributed by atoms with E-state index >= 15 is 0 Å². The molecule has 0 unspecified atom stereocenters. The molecule has 0 saturated carbocycles. The molecule has 3 aromatic rings. The van der Waals surface area contributed by atoms with Crippen LogP contribution in [0.5, 0.6) is 0 Å². The summed E-state index contributed by atoms with van der Waals surface area (Å²) in [6, 6.07) is 10.8. The molecule has 2 aromatic heterocycles. The molecule has 0 spiro atoms. The predicted molar refractivity (Wildman–Crippen MR) is 77.7 cm³/mol. The van der Waals surface area contributed by atoms with Crippen LogP contribution in [0.4, 0.5) is 0 Å². The molecule has 1 aromatic carbocycles. The van der Waals surface area contributed by atoms with Gasteiger partial charge in [-0.25, -0.2) is 4.79 Å². The molecule has 106 valence electrons. The quantitative estimate of drug-likeness (QED) is 0.802. The third-order valence-corrected chi connectivity index (χ3v) is 3.38. The van der Waals surface area contributed by atoms with Gasteiger partial charge in [-0.1, -0.05) is 18.2 Å². The molecule has 21 heavy (non-hydrogen) atoms. The molecule has 5 heteroatoms. The summed E-state index contributed by atoms with van der Waals surface area (Å²) in [5.74, 6) is -0.745. The Hall–Kier alpha value is -2.82. The van der Waals surface area contributed by atoms with Crippen LogP contribution < -0.4 is 5.56 Å². The average Bonchev–Trinajstić information content (AvgIpc) is 2.83. The second-order valence-corrected chi connectivity index (χ2v) is 4.87. The molecule has 0 saturated heterocycles. The number of benzene rings is 1. The van der Waals surface area contributed by atoms with Gasteiger partial charge < -0.3 is 14.1 Å². The smallest absolute Gasteiger partial charge is 0.372 e. The van der Waals surface area contributed by atoms with Gasteiger partial charge >= 0.3 is 5.97 Å². The maximum absolute atomic E-state index is 12.4. The Kier molecular flexibility index (Phi) is 3.10. The average molecular weight is 283 g/mol. The lowest BCUT2D eigenvalue weighted by molar-refractivity contribution is 0.0659. The number of nitrogens with zero attached hydrogens (tertiary/aromatic N) is 1. The third kappa shape index (κ3) is 2.33. The lowest BCUT2D eigenvalue weighted by Crippen LogP contribution is -2.19. The molecule has 5 nitrogen and oxygen atoms in total. The number of rotatable bonds is 3. The number of carboxylic acids is 1. The molecule has 1 N–H and O–H groups in total. The van der Waals surface area contributed by atoms with Crippen LogP contribution >= 0.6 is 0 Å². The highest BCUT2D eigenvalue weighted by molar-refractivity contribution is 5.86. The standard InChI is InChI=1S/C16H13NO4/c1-10-8-12(21-14(10)16(19)20)9-17-7-6-11-4-2-3-5-13(11)15(17)18/h2-8H,9H2,1H3,(H,19,20). The van der Waals surface area contributed by atoms with Gasteiger partial charge in [0, 0.05) is 17.1 Å². The Morgan fingerprint density at radius 3 is 2.76 bits per heavy atom. The van der Waals surface area contributed by atoms with Crippen LogP contribution in [0.25, 0.3) is 10.8 Å². The Labute approximate surface area is 120 Å². The number of hydrogen-bond acceptors (Lipinski definition) is 3. The molecule has 0 aliphatic heterocycles. The summed E-state index contributed by atoms with van der Waals surface area (Å²) >= 11 is 0. The Bertz CT molecular complexity index is 889. The van der Waals surface area contributed by atoms with Gasteiger partial charge in [0.2, 0.25) is 5.76 Å². The molecule has 3 rings (SSSR count). The van der Waals surface area contributed by atoms with Crippen LogP contribution in [-0.2, 0) is 6.54 Å². The molecular formula is C16H13NO4. The van der Waals surface area contributed by atoms with E-state index in [0.29, 0.717) is 16.7 Å². The number of fused-ring (bicyclic) bond motifs is 1. The number of aromatic nitrogens is 1. The SMILES string of the molecule is Cc1cc(Cn2ccc3ccccc3c2=O)oc1C(=O)O. The van der Waals surface area contributed by atoms with Gasteiger partial charge in [-0.2, -0.15) is 0 Å². The van der Waals surface area contributed by atoms with Crippen molar-refractivity contribution in [1.82, 2.24) is 4.57 Å². The first-order chi connectivity index (χ1) is 10.1. The van der Waals surface area contributed by atoms with Gasteiger partial charge in [-0.05, 0) is 30.5 Å². The zero-order chi connectivity index (χ0) is 15.0. The fraction of sp³-hybridized carbons (Fsp3) is 0.125. The number of hydrogen-bond donors (Lipinski definition) is 1. The van der Waals surface area contributed by atoms with E-state index in [2.05, 4.69) is 0 Å². The summed E-state index contributed by atoms with van der Waals surface area (Å²) in [5, 5.41) is 10.5. The Balaban J connectivity index is 2.02. The Morgan fingerprint density at radius 1 is 1.29 bits per heavy atom. The summed E-state index contributed by atoms with van der Waals surface area (Å²) < 4.78 is 6.79. The van der Waals surface area contributed by atoms with E-state index in [4.69, 9.17) is 9.52 Å². The van der Waals surface area contributed by atoms with Crippen molar-refractivity contribution in [2.75, 3.05) is 0 Å². The predicted octanol–water partition coefficient (Wildman–Crippen LogP) is 2.65. The molecule has 0 aliphatic carbocycles. The normalized spacial score (nSPS) is 10.9. The highest BCUT2D eigenvalue weighted by Gasteiger charge is 2.15. The summed E-state index contributed by atoms with van der Waals surface area (Å²) in [7, 11) is 0. The summed E-state index contributed by atoms with van der Waals surface area (Å²) in [5.41, 5.74) is 0.422. The first kappa shape index (κ1) is 13.2. The topological polar surface area (TPSA) is 72.4 Å². The van der Waals surface area contributed by atoms with E-state index in [1.54, 1.807) is 25.3 Å². The van der Waals surface area contributed by atoms with Gasteiger partial charge in [0.05, 0.1) is 6.54 Å². The van der Waals surface area contributed by atoms with Crippen LogP contribution in [0.15, 0.2) is 51.8 Å². The minimum Gasteiger partial charge on any atom is -0.475 e. The van der Waals surface area contributed by atoms with Crippen molar-refractivity contribution in [2.45, 2.75) is 13.5 Å². The van der Waals surface area contributed by atoms with Gasteiger partial charge in [-0.15, -0.1) is 0 Å². The number of carbonyl (C=O) groups is 1. The number of aryl methyl sites for hydroxylation is 1. The monoisotopic (exact) mass is 283 g/mol. The van der Waals surface area contributed by atoms with Crippen molar-refractivity contribution in [2.24, 2.45) is 0 Å². The number of pyridine rings is 1. The zero-order valence-electron chi connectivity index (χ0n) is 11.4. The van der Waals surface area contributed by atoms with Crippen molar-refractivity contribution < 1.29 is 14.3 Å². The number of furan rings is 1. The van der Waals surface area contributed by atoms with E-state index in [1.165, 1.54) is 4.57 Å². The van der Waals surface area contributed by atoms with Gasteiger partial charge in [0.1, 0.15) is 5.76 Å². The summed E-state index contributed by atoms with van der Waals surface area (Å²) in [6.07, 6.45) is 1.68. The van der Waals surface area contributed by atoms with Crippen LogP contribution in [0, 0.1) is 6.92 Å². The third-order valence-electron chi connectivity index (χ3n) is 3.38. The molecule has 2 heterocycles. The van der Waals surface area contributed by atoms with Crippen LogP contribution in [0.3, 0.4) is 0 Å². The van der Waals surface area contributed by atoms with Crippen molar-refractivity contribution in [3.05, 3.63) is 70.0 Å². The van der Waals surface area contributed by atoms with E-state index in [9.17, 15) is 9.59 Å². The first-order valence-corrected chi connectivity index (χ1v) is 6.47. The molecule has 0 atom stereocenters. The molecule has 0 bridgehead atoms. The maximum atomic E-state index is 12.4. The zero-order valence-corrected chi connectivity index (χ0v) is 11.4. The summed E-state index contributed by atoms with van der Waals surface area (Å²) in [4.78, 5) is 23.3. The first-order valence-electron chi connectivity index (χ1n) is 6.47.